The van der Waals surface area contributed by atoms with E-state index >= 15 is 0 Å². The highest BCUT2D eigenvalue weighted by Gasteiger charge is 2.40. The summed E-state index contributed by atoms with van der Waals surface area (Å²) in [6, 6.07) is 10.1. The van der Waals surface area contributed by atoms with Gasteiger partial charge in [0.15, 0.2) is 5.78 Å². The van der Waals surface area contributed by atoms with Crippen LogP contribution in [0.1, 0.15) is 56.7 Å². The number of H-pyrrole nitrogens is 1. The summed E-state index contributed by atoms with van der Waals surface area (Å²) in [5, 5.41) is 13.4. The summed E-state index contributed by atoms with van der Waals surface area (Å²) in [6.45, 7) is 4.85. The molecule has 1 aliphatic heterocycles. The number of Topliss-reactive ketones (excluding diaryl/α,β-unsaturated/α-hetero) is 1. The molecule has 1 saturated carbocycles. The summed E-state index contributed by atoms with van der Waals surface area (Å²) in [5.74, 6) is 1.19. The van der Waals surface area contributed by atoms with Gasteiger partial charge in [0.05, 0.1) is 11.3 Å². The first-order valence-corrected chi connectivity index (χ1v) is 13.8. The number of aromatic nitrogens is 3. The zero-order valence-corrected chi connectivity index (χ0v) is 22.5. The van der Waals surface area contributed by atoms with Gasteiger partial charge in [0.2, 0.25) is 5.88 Å². The second-order valence-electron chi connectivity index (χ2n) is 11.2. The number of anilines is 1. The fraction of sp³-hybridized carbons (Fsp3) is 0.355. The van der Waals surface area contributed by atoms with Crippen LogP contribution < -0.4 is 15.4 Å². The molecule has 0 saturated heterocycles. The number of hydrogen-bond acceptors (Lipinski definition) is 6. The fourth-order valence-electron chi connectivity index (χ4n) is 5.41. The Morgan fingerprint density at radius 3 is 2.77 bits per heavy atom. The highest BCUT2D eigenvalue weighted by atomic mass is 19.1. The molecule has 9 heteroatoms. The number of nitrogens with zero attached hydrogens (tertiary/aromatic N) is 2. The Hall–Kier alpha value is -4.27. The normalized spacial score (nSPS) is 20.4. The van der Waals surface area contributed by atoms with Gasteiger partial charge in [0, 0.05) is 41.9 Å². The Kier molecular flexibility index (Phi) is 6.96. The van der Waals surface area contributed by atoms with Gasteiger partial charge in [-0.15, -0.1) is 5.10 Å². The van der Waals surface area contributed by atoms with Gasteiger partial charge in [-0.1, -0.05) is 38.1 Å². The van der Waals surface area contributed by atoms with Crippen molar-refractivity contribution in [3.8, 4) is 17.0 Å². The molecule has 2 aliphatic carbocycles. The molecule has 0 radical (unpaired) electrons. The van der Waals surface area contributed by atoms with Gasteiger partial charge in [0.25, 0.3) is 0 Å². The van der Waals surface area contributed by atoms with Crippen molar-refractivity contribution in [2.24, 2.45) is 17.8 Å². The maximum Gasteiger partial charge on any atom is 0.414 e. The van der Waals surface area contributed by atoms with E-state index in [9.17, 15) is 14.0 Å². The van der Waals surface area contributed by atoms with Gasteiger partial charge in [-0.2, -0.15) is 0 Å². The Balaban J connectivity index is 1.31. The second kappa shape index (κ2) is 10.7. The lowest BCUT2D eigenvalue weighted by molar-refractivity contribution is -0.117. The third-order valence-corrected chi connectivity index (χ3v) is 7.97. The van der Waals surface area contributed by atoms with Gasteiger partial charge < -0.3 is 15.4 Å². The van der Waals surface area contributed by atoms with E-state index in [0.29, 0.717) is 47.4 Å². The van der Waals surface area contributed by atoms with Crippen LogP contribution in [0.4, 0.5) is 15.0 Å². The molecule has 8 nitrogen and oxygen atoms in total. The molecule has 1 fully saturated rings. The molecule has 3 aromatic rings. The van der Waals surface area contributed by atoms with E-state index in [0.717, 1.165) is 36.1 Å². The van der Waals surface area contributed by atoms with E-state index in [1.165, 1.54) is 12.1 Å². The largest absolute Gasteiger partial charge is 0.414 e. The minimum atomic E-state index is -0.562. The lowest BCUT2D eigenvalue weighted by Gasteiger charge is -2.35. The second-order valence-corrected chi connectivity index (χ2v) is 11.2. The molecule has 2 unspecified atom stereocenters. The van der Waals surface area contributed by atoms with Crippen LogP contribution in [0.15, 0.2) is 59.9 Å². The lowest BCUT2D eigenvalue weighted by Crippen LogP contribution is -2.32. The summed E-state index contributed by atoms with van der Waals surface area (Å²) in [4.78, 5) is 30.6. The minimum absolute atomic E-state index is 0.0764. The number of hydrogen-bond donors (Lipinski definition) is 3. The number of halogens is 1. The molecule has 0 bridgehead atoms. The van der Waals surface area contributed by atoms with Crippen LogP contribution in [0.3, 0.4) is 0 Å². The number of aromatic amines is 1. The topological polar surface area (TPSA) is 109 Å². The number of amides is 1. The smallest absolute Gasteiger partial charge is 0.389 e. The number of ketones is 1. The average molecular weight is 542 g/mol. The quantitative estimate of drug-likeness (QED) is 0.328. The van der Waals surface area contributed by atoms with E-state index < -0.39 is 12.0 Å². The van der Waals surface area contributed by atoms with E-state index in [1.807, 2.05) is 30.4 Å². The number of benzene rings is 1. The molecular weight excluding hydrogens is 509 g/mol. The monoisotopic (exact) mass is 541 g/mol. The predicted molar refractivity (Wildman–Crippen MR) is 150 cm³/mol. The van der Waals surface area contributed by atoms with Crippen molar-refractivity contribution in [2.45, 2.75) is 45.4 Å². The molecule has 40 heavy (non-hydrogen) atoms. The Morgan fingerprint density at radius 1 is 1.20 bits per heavy atom. The first-order chi connectivity index (χ1) is 19.4. The van der Waals surface area contributed by atoms with Crippen LogP contribution in [-0.2, 0) is 4.79 Å². The molecule has 3 N–H and O–H groups in total. The van der Waals surface area contributed by atoms with Gasteiger partial charge in [-0.05, 0) is 66.9 Å². The summed E-state index contributed by atoms with van der Waals surface area (Å²) in [7, 11) is 0. The van der Waals surface area contributed by atoms with Crippen molar-refractivity contribution in [1.82, 2.24) is 20.5 Å². The van der Waals surface area contributed by atoms with Crippen molar-refractivity contribution < 1.29 is 18.7 Å². The number of carbonyl (C=O) groups is 2. The number of rotatable bonds is 7. The maximum absolute atomic E-state index is 13.7. The lowest BCUT2D eigenvalue weighted by atomic mass is 9.73. The number of allylic oxidation sites excluding steroid dienone is 3. The number of carbonyl (C=O) groups excluding carboxylic acids is 2. The molecule has 3 heterocycles. The zero-order chi connectivity index (χ0) is 27.8. The Bertz CT molecular complexity index is 1500. The summed E-state index contributed by atoms with van der Waals surface area (Å²) >= 11 is 0. The fourth-order valence-corrected chi connectivity index (χ4v) is 5.41. The summed E-state index contributed by atoms with van der Waals surface area (Å²) in [5.41, 5.74) is 4.38. The van der Waals surface area contributed by atoms with Gasteiger partial charge in [0.1, 0.15) is 11.6 Å². The van der Waals surface area contributed by atoms with E-state index in [-0.39, 0.29) is 23.4 Å². The molecule has 2 atom stereocenters. The van der Waals surface area contributed by atoms with Crippen LogP contribution in [0.2, 0.25) is 0 Å². The van der Waals surface area contributed by atoms with Crippen LogP contribution in [0, 0.1) is 23.6 Å². The standard InChI is InChI=1S/C31H32FN5O3/c1-17(2)21-13-25-27(26(38)14-21)24(11-10-23-9-8-20(16-33-23)19-4-3-5-22(32)12-19)28-29(35-25)36-37-30(28)40-31(39)34-15-18-6-7-18/h3-5,8-12,16-18,21,24H,6-7,13-15H2,1-2H3,(H,34,39)(H2,35,36,37)/b11-10+. The van der Waals surface area contributed by atoms with Gasteiger partial charge in [-0.3, -0.25) is 14.9 Å². The third kappa shape index (κ3) is 5.41. The van der Waals surface area contributed by atoms with E-state index in [1.54, 1.807) is 12.3 Å². The summed E-state index contributed by atoms with van der Waals surface area (Å²) < 4.78 is 19.3. The van der Waals surface area contributed by atoms with E-state index in [2.05, 4.69) is 39.7 Å². The Morgan fingerprint density at radius 2 is 2.05 bits per heavy atom. The highest BCUT2D eigenvalue weighted by Crippen LogP contribution is 2.47. The van der Waals surface area contributed by atoms with Crippen molar-refractivity contribution in [1.29, 1.82) is 0 Å². The van der Waals surface area contributed by atoms with Crippen LogP contribution in [0.5, 0.6) is 5.88 Å². The summed E-state index contributed by atoms with van der Waals surface area (Å²) in [6.07, 6.45) is 8.35. The maximum atomic E-state index is 13.7. The first kappa shape index (κ1) is 26.0. The molecular formula is C31H32FN5O3. The molecule has 2 aromatic heterocycles. The molecule has 6 rings (SSSR count). The van der Waals surface area contributed by atoms with Gasteiger partial charge in [-0.25, -0.2) is 9.18 Å². The van der Waals surface area contributed by atoms with Crippen molar-refractivity contribution >= 4 is 23.8 Å². The molecule has 1 amide bonds. The average Bonchev–Trinajstić information content (AvgIpc) is 3.70. The third-order valence-electron chi connectivity index (χ3n) is 7.97. The van der Waals surface area contributed by atoms with Crippen LogP contribution in [-0.4, -0.2) is 33.6 Å². The van der Waals surface area contributed by atoms with Crippen molar-refractivity contribution in [3.63, 3.8) is 0 Å². The zero-order valence-electron chi connectivity index (χ0n) is 22.5. The highest BCUT2D eigenvalue weighted by molar-refractivity contribution is 6.01. The molecule has 1 aromatic carbocycles. The van der Waals surface area contributed by atoms with Gasteiger partial charge >= 0.3 is 6.09 Å². The van der Waals surface area contributed by atoms with Crippen LogP contribution >= 0.6 is 0 Å². The van der Waals surface area contributed by atoms with Crippen molar-refractivity contribution in [2.75, 3.05) is 11.9 Å². The predicted octanol–water partition coefficient (Wildman–Crippen LogP) is 6.22. The number of pyridine rings is 1. The molecule has 0 spiro atoms. The van der Waals surface area contributed by atoms with Crippen LogP contribution in [0.25, 0.3) is 17.2 Å². The number of fused-ring (bicyclic) bond motifs is 1. The number of nitrogens with one attached hydrogen (secondary N) is 3. The molecule has 3 aliphatic rings. The van der Waals surface area contributed by atoms with Crippen molar-refractivity contribution in [3.05, 3.63) is 77.0 Å². The first-order valence-electron chi connectivity index (χ1n) is 13.8. The molecule has 206 valence electrons. The van der Waals surface area contributed by atoms with E-state index in [4.69, 9.17) is 4.74 Å². The number of ether oxygens (including phenoxy) is 1. The SMILES string of the molecule is CC(C)C1CC(=O)C2=C(C1)Nc1[nH]nc(OC(=O)NCC3CC3)c1C2/C=C/c1ccc(-c2cccc(F)c2)cn1. The minimum Gasteiger partial charge on any atom is -0.389 e. The Labute approximate surface area is 232 Å².